The summed E-state index contributed by atoms with van der Waals surface area (Å²) in [7, 11) is 1.63. The van der Waals surface area contributed by atoms with E-state index in [1.165, 1.54) is 0 Å². The summed E-state index contributed by atoms with van der Waals surface area (Å²) < 4.78 is 10.3. The molecule has 0 radical (unpaired) electrons. The van der Waals surface area contributed by atoms with E-state index in [1.807, 2.05) is 6.92 Å². The molecule has 1 aliphatic rings. The summed E-state index contributed by atoms with van der Waals surface area (Å²) in [6.45, 7) is 1.89. The van der Waals surface area contributed by atoms with Crippen molar-refractivity contribution in [2.45, 2.75) is 44.2 Å². The van der Waals surface area contributed by atoms with Crippen LogP contribution in [0.4, 0.5) is 0 Å². The number of hydrogen-bond donors (Lipinski definition) is 1. The molecule has 3 atom stereocenters. The van der Waals surface area contributed by atoms with Crippen LogP contribution in [0.25, 0.3) is 0 Å². The summed E-state index contributed by atoms with van der Waals surface area (Å²) >= 11 is 0. The molecule has 0 saturated heterocycles. The largest absolute Gasteiger partial charge is 0.374 e. The van der Waals surface area contributed by atoms with Crippen molar-refractivity contribution in [1.82, 2.24) is 10.1 Å². The average Bonchev–Trinajstić information content (AvgIpc) is 2.84. The monoisotopic (exact) mass is 211 g/mol. The molecule has 84 valence electrons. The van der Waals surface area contributed by atoms with Crippen LogP contribution in [0.3, 0.4) is 0 Å². The Morgan fingerprint density at radius 2 is 2.33 bits per heavy atom. The Morgan fingerprint density at radius 3 is 2.93 bits per heavy atom. The van der Waals surface area contributed by atoms with Gasteiger partial charge in [-0.05, 0) is 19.8 Å². The molecule has 1 fully saturated rings. The topological polar surface area (TPSA) is 74.2 Å². The molecule has 2 rings (SSSR count). The molecule has 0 spiro atoms. The first-order valence-corrected chi connectivity index (χ1v) is 5.34. The molecular weight excluding hydrogens is 194 g/mol. The van der Waals surface area contributed by atoms with Crippen LogP contribution >= 0.6 is 0 Å². The molecule has 5 heteroatoms. The smallest absolute Gasteiger partial charge is 0.231 e. The lowest BCUT2D eigenvalue weighted by Gasteiger charge is -2.09. The van der Waals surface area contributed by atoms with E-state index in [0.717, 1.165) is 19.3 Å². The van der Waals surface area contributed by atoms with Gasteiger partial charge in [-0.2, -0.15) is 4.98 Å². The fraction of sp³-hybridized carbons (Fsp3) is 0.800. The Balaban J connectivity index is 2.12. The number of ether oxygens (including phenoxy) is 1. The summed E-state index contributed by atoms with van der Waals surface area (Å²) in [6, 6.07) is 0.163. The zero-order valence-corrected chi connectivity index (χ0v) is 9.14. The van der Waals surface area contributed by atoms with Gasteiger partial charge in [0.2, 0.25) is 5.89 Å². The fourth-order valence-corrected chi connectivity index (χ4v) is 1.96. The number of methoxy groups -OCH3 is 1. The van der Waals surface area contributed by atoms with E-state index in [2.05, 4.69) is 10.1 Å². The maximum atomic E-state index is 5.97. The summed E-state index contributed by atoms with van der Waals surface area (Å²) in [5.41, 5.74) is 5.97. The van der Waals surface area contributed by atoms with E-state index in [-0.39, 0.29) is 18.1 Å². The molecule has 5 nitrogen and oxygen atoms in total. The van der Waals surface area contributed by atoms with Gasteiger partial charge in [-0.15, -0.1) is 0 Å². The number of hydrogen-bond acceptors (Lipinski definition) is 5. The van der Waals surface area contributed by atoms with E-state index >= 15 is 0 Å². The lowest BCUT2D eigenvalue weighted by atomic mass is 10.1. The zero-order valence-electron chi connectivity index (χ0n) is 9.14. The van der Waals surface area contributed by atoms with Crippen molar-refractivity contribution in [3.63, 3.8) is 0 Å². The first-order valence-electron chi connectivity index (χ1n) is 5.34. The average molecular weight is 211 g/mol. The highest BCUT2D eigenvalue weighted by Crippen LogP contribution is 2.32. The summed E-state index contributed by atoms with van der Waals surface area (Å²) in [5.74, 6) is 1.50. The lowest BCUT2D eigenvalue weighted by molar-refractivity contribution is 0.109. The predicted octanol–water partition coefficient (Wildman–Crippen LogP) is 1.37. The van der Waals surface area contributed by atoms with Gasteiger partial charge < -0.3 is 15.0 Å². The van der Waals surface area contributed by atoms with Crippen molar-refractivity contribution in [1.29, 1.82) is 0 Å². The third kappa shape index (κ3) is 2.03. The summed E-state index contributed by atoms with van der Waals surface area (Å²) in [6.07, 6.45) is 3.11. The molecule has 0 aromatic carbocycles. The Bertz CT molecular complexity index is 326. The highest BCUT2D eigenvalue weighted by atomic mass is 16.5. The van der Waals surface area contributed by atoms with Gasteiger partial charge in [0.1, 0.15) is 6.10 Å². The highest BCUT2D eigenvalue weighted by Gasteiger charge is 2.30. The second kappa shape index (κ2) is 4.28. The molecule has 15 heavy (non-hydrogen) atoms. The minimum absolute atomic E-state index is 0.125. The van der Waals surface area contributed by atoms with Crippen molar-refractivity contribution >= 4 is 0 Å². The van der Waals surface area contributed by atoms with Crippen molar-refractivity contribution < 1.29 is 9.26 Å². The number of nitrogens with two attached hydrogens (primary N) is 1. The minimum Gasteiger partial charge on any atom is -0.374 e. The van der Waals surface area contributed by atoms with Crippen molar-refractivity contribution in [3.8, 4) is 0 Å². The van der Waals surface area contributed by atoms with Gasteiger partial charge in [0.25, 0.3) is 0 Å². The fourth-order valence-electron chi connectivity index (χ4n) is 1.96. The van der Waals surface area contributed by atoms with Gasteiger partial charge in [0, 0.05) is 13.2 Å². The van der Waals surface area contributed by atoms with Crippen molar-refractivity contribution in [3.05, 3.63) is 11.7 Å². The molecule has 0 bridgehead atoms. The van der Waals surface area contributed by atoms with Crippen LogP contribution in [-0.2, 0) is 4.74 Å². The summed E-state index contributed by atoms with van der Waals surface area (Å²) in [4.78, 5) is 4.33. The van der Waals surface area contributed by atoms with Crippen molar-refractivity contribution in [2.75, 3.05) is 7.11 Å². The van der Waals surface area contributed by atoms with Crippen molar-refractivity contribution in [2.24, 2.45) is 5.73 Å². The molecule has 1 heterocycles. The van der Waals surface area contributed by atoms with Gasteiger partial charge in [-0.25, -0.2) is 0 Å². The molecule has 1 saturated carbocycles. The van der Waals surface area contributed by atoms with Crippen LogP contribution in [0.2, 0.25) is 0 Å². The minimum atomic E-state index is -0.125. The Labute approximate surface area is 89.0 Å². The maximum absolute atomic E-state index is 5.97. The maximum Gasteiger partial charge on any atom is 0.231 e. The lowest BCUT2D eigenvalue weighted by Crippen LogP contribution is -2.22. The first kappa shape index (κ1) is 10.6. The number of nitrogens with zero attached hydrogens (tertiary/aromatic N) is 2. The second-order valence-electron chi connectivity index (χ2n) is 4.07. The normalized spacial score (nSPS) is 28.2. The van der Waals surface area contributed by atoms with Crippen LogP contribution in [0.1, 0.15) is 49.9 Å². The van der Waals surface area contributed by atoms with E-state index in [4.69, 9.17) is 15.0 Å². The molecule has 0 amide bonds. The van der Waals surface area contributed by atoms with Gasteiger partial charge in [-0.1, -0.05) is 11.6 Å². The Morgan fingerprint density at radius 1 is 1.53 bits per heavy atom. The van der Waals surface area contributed by atoms with Gasteiger partial charge >= 0.3 is 0 Å². The predicted molar refractivity (Wildman–Crippen MR) is 54.3 cm³/mol. The molecule has 1 aliphatic carbocycles. The van der Waals surface area contributed by atoms with Crippen LogP contribution in [-0.4, -0.2) is 23.3 Å². The second-order valence-corrected chi connectivity index (χ2v) is 4.07. The highest BCUT2D eigenvalue weighted by molar-refractivity contribution is 5.02. The standard InChI is InChI=1S/C10H17N3O2/c1-6(14-2)9-12-10(15-13-9)7-4-3-5-8(7)11/h6-8H,3-5,11H2,1-2H3. The molecule has 3 unspecified atom stereocenters. The van der Waals surface area contributed by atoms with Crippen LogP contribution in [0, 0.1) is 0 Å². The first-order chi connectivity index (χ1) is 7.22. The van der Waals surface area contributed by atoms with Crippen LogP contribution in [0.5, 0.6) is 0 Å². The Kier molecular flexibility index (Phi) is 3.02. The zero-order chi connectivity index (χ0) is 10.8. The van der Waals surface area contributed by atoms with E-state index in [0.29, 0.717) is 11.7 Å². The van der Waals surface area contributed by atoms with E-state index in [1.54, 1.807) is 7.11 Å². The van der Waals surface area contributed by atoms with E-state index in [9.17, 15) is 0 Å². The van der Waals surface area contributed by atoms with E-state index < -0.39 is 0 Å². The SMILES string of the molecule is COC(C)c1noc(C2CCCC2N)n1. The summed E-state index contributed by atoms with van der Waals surface area (Å²) in [5, 5.41) is 3.90. The number of aromatic nitrogens is 2. The third-order valence-corrected chi connectivity index (χ3v) is 3.06. The molecule has 1 aromatic heterocycles. The molecule has 0 aliphatic heterocycles. The molecular formula is C10H17N3O2. The quantitative estimate of drug-likeness (QED) is 0.817. The number of rotatable bonds is 3. The Hall–Kier alpha value is -0.940. The van der Waals surface area contributed by atoms with Gasteiger partial charge in [0.05, 0.1) is 5.92 Å². The van der Waals surface area contributed by atoms with Gasteiger partial charge in [-0.3, -0.25) is 0 Å². The molecule has 1 aromatic rings. The molecule has 2 N–H and O–H groups in total. The van der Waals surface area contributed by atoms with Gasteiger partial charge in [0.15, 0.2) is 5.82 Å². The third-order valence-electron chi connectivity index (χ3n) is 3.06. The van der Waals surface area contributed by atoms with Crippen LogP contribution < -0.4 is 5.73 Å². The van der Waals surface area contributed by atoms with Crippen LogP contribution in [0.15, 0.2) is 4.52 Å².